The van der Waals surface area contributed by atoms with Crippen LogP contribution in [0.25, 0.3) is 0 Å². The third-order valence-electron chi connectivity index (χ3n) is 9.12. The van der Waals surface area contributed by atoms with Gasteiger partial charge in [0.25, 0.3) is 15.7 Å². The molecule has 0 saturated heterocycles. The Morgan fingerprint density at radius 2 is 1.62 bits per heavy atom. The predicted molar refractivity (Wildman–Crippen MR) is 201 cm³/mol. The van der Waals surface area contributed by atoms with Crippen molar-refractivity contribution in [1.29, 1.82) is 0 Å². The third kappa shape index (κ3) is 9.41. The number of carbonyl (C=O) groups excluding carboxylic acids is 2. The predicted octanol–water partition coefficient (Wildman–Crippen LogP) is 7.50. The van der Waals surface area contributed by atoms with Gasteiger partial charge < -0.3 is 15.0 Å². The van der Waals surface area contributed by atoms with Crippen molar-refractivity contribution < 1.29 is 27.7 Å². The molecule has 0 radical (unpaired) electrons. The summed E-state index contributed by atoms with van der Waals surface area (Å²) in [4.78, 5) is 41.3. The van der Waals surface area contributed by atoms with Gasteiger partial charge in [0.15, 0.2) is 0 Å². The molecule has 52 heavy (non-hydrogen) atoms. The quantitative estimate of drug-likeness (QED) is 0.104. The summed E-state index contributed by atoms with van der Waals surface area (Å²) < 4.78 is 35.4. The van der Waals surface area contributed by atoms with E-state index in [9.17, 15) is 28.1 Å². The number of ether oxygens (including phenoxy) is 1. The molecular weight excluding hydrogens is 727 g/mol. The largest absolute Gasteiger partial charge is 0.495 e. The Hall–Kier alpha value is -4.65. The van der Waals surface area contributed by atoms with Crippen molar-refractivity contribution in [3.63, 3.8) is 0 Å². The first-order valence-corrected chi connectivity index (χ1v) is 19.1. The number of hydrogen-bond acceptors (Lipinski definition) is 7. The number of sulfonamides is 1. The molecule has 0 heterocycles. The highest BCUT2D eigenvalue weighted by Crippen LogP contribution is 2.36. The summed E-state index contributed by atoms with van der Waals surface area (Å²) in [5.41, 5.74) is 1.19. The van der Waals surface area contributed by atoms with Gasteiger partial charge in [-0.05, 0) is 67.3 Å². The molecule has 1 aliphatic rings. The van der Waals surface area contributed by atoms with E-state index in [0.717, 1.165) is 48.0 Å². The standard InChI is InChI=1S/C38H40Cl2N4O7S/c1-26-16-18-32(23-33(26)44(47)48)52(49,50)43(34-22-30(40)17-19-36(34)51-2)25-37(45)42(24-28-12-9-13-29(39)20-28)35(21-27-10-5-3-6-11-27)38(46)41-31-14-7-4-8-15-31/h3,5-6,9-13,16-20,22-23,31,35H,4,7-8,14-15,21,24-25H2,1-2H3,(H,41,46)/t35-/m1/s1. The van der Waals surface area contributed by atoms with Gasteiger partial charge in [-0.25, -0.2) is 8.42 Å². The maximum Gasteiger partial charge on any atom is 0.273 e. The van der Waals surface area contributed by atoms with Gasteiger partial charge in [-0.3, -0.25) is 24.0 Å². The van der Waals surface area contributed by atoms with E-state index in [2.05, 4.69) is 5.32 Å². The van der Waals surface area contributed by atoms with Gasteiger partial charge in [-0.1, -0.05) is 91.0 Å². The number of aryl methyl sites for hydroxylation is 1. The first kappa shape index (κ1) is 38.6. The number of nitro groups is 1. The molecule has 1 aliphatic carbocycles. The minimum Gasteiger partial charge on any atom is -0.495 e. The zero-order chi connectivity index (χ0) is 37.4. The number of amides is 2. The molecule has 0 bridgehead atoms. The molecule has 11 nitrogen and oxygen atoms in total. The van der Waals surface area contributed by atoms with E-state index in [1.165, 1.54) is 49.3 Å². The fourth-order valence-corrected chi connectivity index (χ4v) is 8.19. The number of anilines is 1. The first-order chi connectivity index (χ1) is 24.9. The number of hydrogen-bond donors (Lipinski definition) is 1. The van der Waals surface area contributed by atoms with Crippen LogP contribution in [-0.4, -0.2) is 55.8 Å². The van der Waals surface area contributed by atoms with E-state index in [-0.39, 0.29) is 46.9 Å². The fraction of sp³-hybridized carbons (Fsp3) is 0.316. The van der Waals surface area contributed by atoms with Crippen molar-refractivity contribution in [2.75, 3.05) is 18.0 Å². The van der Waals surface area contributed by atoms with Crippen molar-refractivity contribution in [3.05, 3.63) is 128 Å². The van der Waals surface area contributed by atoms with Gasteiger partial charge in [0.2, 0.25) is 11.8 Å². The van der Waals surface area contributed by atoms with Crippen molar-refractivity contribution in [1.82, 2.24) is 10.2 Å². The molecule has 5 rings (SSSR count). The number of benzene rings is 4. The highest BCUT2D eigenvalue weighted by molar-refractivity contribution is 7.92. The summed E-state index contributed by atoms with van der Waals surface area (Å²) in [5, 5.41) is 15.6. The number of rotatable bonds is 14. The first-order valence-electron chi connectivity index (χ1n) is 16.9. The number of nitrogens with one attached hydrogen (secondary N) is 1. The summed E-state index contributed by atoms with van der Waals surface area (Å²) in [5.74, 6) is -0.999. The lowest BCUT2D eigenvalue weighted by atomic mass is 9.94. The molecule has 274 valence electrons. The lowest BCUT2D eigenvalue weighted by molar-refractivity contribution is -0.385. The maximum absolute atomic E-state index is 14.9. The molecular formula is C38H40Cl2N4O7S. The van der Waals surface area contributed by atoms with Crippen molar-refractivity contribution in [3.8, 4) is 5.75 Å². The Morgan fingerprint density at radius 1 is 0.923 bits per heavy atom. The summed E-state index contributed by atoms with van der Waals surface area (Å²) >= 11 is 12.7. The molecule has 0 unspecified atom stereocenters. The van der Waals surface area contributed by atoms with Gasteiger partial charge in [-0.2, -0.15) is 0 Å². The number of nitro benzene ring substituents is 1. The van der Waals surface area contributed by atoms with E-state index >= 15 is 0 Å². The zero-order valence-corrected chi connectivity index (χ0v) is 31.2. The minimum atomic E-state index is -4.69. The van der Waals surface area contributed by atoms with Crippen LogP contribution in [0.15, 0.2) is 95.9 Å². The van der Waals surface area contributed by atoms with Crippen LogP contribution in [-0.2, 0) is 32.6 Å². The molecule has 1 N–H and O–H groups in total. The molecule has 0 spiro atoms. The third-order valence-corrected chi connectivity index (χ3v) is 11.3. The summed E-state index contributed by atoms with van der Waals surface area (Å²) in [6.45, 7) is 0.615. The number of carbonyl (C=O) groups is 2. The smallest absolute Gasteiger partial charge is 0.273 e. The highest BCUT2D eigenvalue weighted by atomic mass is 35.5. The topological polar surface area (TPSA) is 139 Å². The van der Waals surface area contributed by atoms with Gasteiger partial charge in [0.1, 0.15) is 18.3 Å². The van der Waals surface area contributed by atoms with E-state index in [4.69, 9.17) is 27.9 Å². The van der Waals surface area contributed by atoms with Crippen LogP contribution in [0, 0.1) is 17.0 Å². The average molecular weight is 768 g/mol. The van der Waals surface area contributed by atoms with Crippen molar-refractivity contribution >= 4 is 56.4 Å². The molecule has 4 aromatic rings. The molecule has 14 heteroatoms. The van der Waals surface area contributed by atoms with Gasteiger partial charge in [-0.15, -0.1) is 0 Å². The summed E-state index contributed by atoms with van der Waals surface area (Å²) in [6.07, 6.45) is 4.81. The lowest BCUT2D eigenvalue weighted by Crippen LogP contribution is -2.55. The number of nitrogens with zero attached hydrogens (tertiary/aromatic N) is 3. The molecule has 0 aromatic heterocycles. The Balaban J connectivity index is 1.63. The average Bonchev–Trinajstić information content (AvgIpc) is 3.12. The van der Waals surface area contributed by atoms with Crippen molar-refractivity contribution in [2.45, 2.75) is 69.0 Å². The van der Waals surface area contributed by atoms with Crippen molar-refractivity contribution in [2.24, 2.45) is 0 Å². The van der Waals surface area contributed by atoms with Crippen LogP contribution < -0.4 is 14.4 Å². The number of methoxy groups -OCH3 is 1. The van der Waals surface area contributed by atoms with Crippen LogP contribution in [0.2, 0.25) is 10.0 Å². The SMILES string of the molecule is COc1ccc(Cl)cc1N(CC(=O)N(Cc1cccc(Cl)c1)[C@H](Cc1ccccc1)C(=O)NC1CCCCC1)S(=O)(=O)c1ccc(C)c([N+](=O)[O-])c1. The number of halogens is 2. The van der Waals surface area contributed by atoms with Gasteiger partial charge in [0.05, 0.1) is 22.6 Å². The van der Waals surface area contributed by atoms with Crippen LogP contribution in [0.1, 0.15) is 48.8 Å². The second-order valence-electron chi connectivity index (χ2n) is 12.7. The molecule has 2 amide bonds. The zero-order valence-electron chi connectivity index (χ0n) is 28.8. The maximum atomic E-state index is 14.9. The van der Waals surface area contributed by atoms with E-state index in [0.29, 0.717) is 10.6 Å². The molecule has 1 saturated carbocycles. The Morgan fingerprint density at radius 3 is 2.29 bits per heavy atom. The Bertz CT molecular complexity index is 2030. The molecule has 4 aromatic carbocycles. The van der Waals surface area contributed by atoms with Crippen LogP contribution >= 0.6 is 23.2 Å². The Kier molecular flexibility index (Phi) is 12.8. The van der Waals surface area contributed by atoms with Crippen LogP contribution in [0.3, 0.4) is 0 Å². The van der Waals surface area contributed by atoms with Gasteiger partial charge in [0, 0.05) is 40.7 Å². The van der Waals surface area contributed by atoms with Crippen LogP contribution in [0.5, 0.6) is 5.75 Å². The summed E-state index contributed by atoms with van der Waals surface area (Å²) in [7, 11) is -3.35. The normalized spacial score (nSPS) is 13.9. The molecule has 0 aliphatic heterocycles. The minimum absolute atomic E-state index is 0.0624. The van der Waals surface area contributed by atoms with E-state index in [1.54, 1.807) is 24.3 Å². The monoisotopic (exact) mass is 766 g/mol. The highest BCUT2D eigenvalue weighted by Gasteiger charge is 2.37. The molecule has 1 fully saturated rings. The van der Waals surface area contributed by atoms with Gasteiger partial charge >= 0.3 is 0 Å². The summed E-state index contributed by atoms with van der Waals surface area (Å²) in [6, 6.07) is 22.8. The lowest BCUT2D eigenvalue weighted by Gasteiger charge is -2.35. The van der Waals surface area contributed by atoms with Crippen LogP contribution in [0.4, 0.5) is 11.4 Å². The second kappa shape index (κ2) is 17.2. The van der Waals surface area contributed by atoms with E-state index < -0.39 is 44.0 Å². The fourth-order valence-electron chi connectivity index (χ4n) is 6.38. The Labute approximate surface area is 313 Å². The molecule has 1 atom stereocenters. The van der Waals surface area contributed by atoms with E-state index in [1.807, 2.05) is 30.3 Å². The second-order valence-corrected chi connectivity index (χ2v) is 15.5.